The molecule has 7 nitrogen and oxygen atoms in total. The Kier molecular flexibility index (Phi) is 4.49. The predicted molar refractivity (Wildman–Crippen MR) is 68.3 cm³/mol. The van der Waals surface area contributed by atoms with E-state index < -0.39 is 6.04 Å². The number of nitrogens with zero attached hydrogens (tertiary/aromatic N) is 2. The molecule has 0 bridgehead atoms. The SMILES string of the molecule is CC1C(=O)NC(=O)CN1CC(=O)N1CCCNCC1. The second kappa shape index (κ2) is 6.12. The van der Waals surface area contributed by atoms with E-state index in [2.05, 4.69) is 10.6 Å². The van der Waals surface area contributed by atoms with Crippen molar-refractivity contribution in [1.29, 1.82) is 0 Å². The van der Waals surface area contributed by atoms with Gasteiger partial charge in [-0.15, -0.1) is 0 Å². The lowest BCUT2D eigenvalue weighted by atomic mass is 10.2. The molecule has 106 valence electrons. The largest absolute Gasteiger partial charge is 0.340 e. The van der Waals surface area contributed by atoms with E-state index in [0.717, 1.165) is 26.1 Å². The molecule has 0 radical (unpaired) electrons. The summed E-state index contributed by atoms with van der Waals surface area (Å²) in [7, 11) is 0. The van der Waals surface area contributed by atoms with Crippen molar-refractivity contribution in [2.24, 2.45) is 0 Å². The van der Waals surface area contributed by atoms with Crippen molar-refractivity contribution in [2.45, 2.75) is 19.4 Å². The molecule has 1 atom stereocenters. The van der Waals surface area contributed by atoms with Crippen molar-refractivity contribution < 1.29 is 14.4 Å². The molecule has 2 N–H and O–H groups in total. The Balaban J connectivity index is 1.93. The molecule has 3 amide bonds. The summed E-state index contributed by atoms with van der Waals surface area (Å²) in [6, 6.07) is -0.438. The fourth-order valence-corrected chi connectivity index (χ4v) is 2.33. The molecule has 0 aliphatic carbocycles. The third-order valence-electron chi connectivity index (χ3n) is 3.57. The van der Waals surface area contributed by atoms with Crippen molar-refractivity contribution in [1.82, 2.24) is 20.4 Å². The van der Waals surface area contributed by atoms with Crippen LogP contribution < -0.4 is 10.6 Å². The van der Waals surface area contributed by atoms with Crippen molar-refractivity contribution in [3.8, 4) is 0 Å². The van der Waals surface area contributed by atoms with Crippen molar-refractivity contribution in [3.05, 3.63) is 0 Å². The van der Waals surface area contributed by atoms with E-state index in [1.807, 2.05) is 0 Å². The van der Waals surface area contributed by atoms with Crippen LogP contribution in [0.3, 0.4) is 0 Å². The van der Waals surface area contributed by atoms with Gasteiger partial charge in [-0.25, -0.2) is 0 Å². The highest BCUT2D eigenvalue weighted by Crippen LogP contribution is 2.06. The summed E-state index contributed by atoms with van der Waals surface area (Å²) in [6.45, 7) is 5.06. The molecular formula is C12H20N4O3. The summed E-state index contributed by atoms with van der Waals surface area (Å²) in [5, 5.41) is 5.50. The van der Waals surface area contributed by atoms with E-state index in [-0.39, 0.29) is 30.8 Å². The number of rotatable bonds is 2. The zero-order valence-electron chi connectivity index (χ0n) is 11.1. The second-order valence-corrected chi connectivity index (χ2v) is 4.98. The first kappa shape index (κ1) is 14.0. The highest BCUT2D eigenvalue weighted by molar-refractivity contribution is 6.01. The zero-order valence-corrected chi connectivity index (χ0v) is 11.1. The lowest BCUT2D eigenvalue weighted by Crippen LogP contribution is -2.59. The van der Waals surface area contributed by atoms with E-state index in [1.165, 1.54) is 0 Å². The minimum absolute atomic E-state index is 0.0157. The van der Waals surface area contributed by atoms with Gasteiger partial charge in [-0.2, -0.15) is 0 Å². The molecule has 7 heteroatoms. The number of imide groups is 1. The first-order valence-corrected chi connectivity index (χ1v) is 6.64. The van der Waals surface area contributed by atoms with Gasteiger partial charge in [-0.1, -0.05) is 0 Å². The molecule has 2 saturated heterocycles. The number of hydrogen-bond acceptors (Lipinski definition) is 5. The van der Waals surface area contributed by atoms with Crippen LogP contribution in [0.5, 0.6) is 0 Å². The van der Waals surface area contributed by atoms with Crippen LogP contribution in [-0.4, -0.2) is 72.8 Å². The number of carbonyl (C=O) groups is 3. The Morgan fingerprint density at radius 1 is 1.32 bits per heavy atom. The summed E-state index contributed by atoms with van der Waals surface area (Å²) in [4.78, 5) is 38.5. The van der Waals surface area contributed by atoms with Crippen LogP contribution in [0.2, 0.25) is 0 Å². The standard InChI is InChI=1S/C12H20N4O3/c1-9-12(19)14-10(17)7-16(9)8-11(18)15-5-2-3-13-4-6-15/h9,13H,2-8H2,1H3,(H,14,17,19). The third-order valence-corrected chi connectivity index (χ3v) is 3.57. The molecule has 1 unspecified atom stereocenters. The zero-order chi connectivity index (χ0) is 13.8. The lowest BCUT2D eigenvalue weighted by molar-refractivity contribution is -0.142. The summed E-state index contributed by atoms with van der Waals surface area (Å²) in [6.07, 6.45) is 0.931. The topological polar surface area (TPSA) is 81.8 Å². The van der Waals surface area contributed by atoms with Gasteiger partial charge >= 0.3 is 0 Å². The van der Waals surface area contributed by atoms with Gasteiger partial charge in [0, 0.05) is 19.6 Å². The molecule has 0 aromatic rings. The maximum Gasteiger partial charge on any atom is 0.243 e. The molecule has 0 spiro atoms. The van der Waals surface area contributed by atoms with Crippen molar-refractivity contribution >= 4 is 17.7 Å². The Morgan fingerprint density at radius 3 is 2.89 bits per heavy atom. The van der Waals surface area contributed by atoms with E-state index in [0.29, 0.717) is 6.54 Å². The minimum Gasteiger partial charge on any atom is -0.340 e. The van der Waals surface area contributed by atoms with E-state index in [1.54, 1.807) is 16.7 Å². The molecule has 2 fully saturated rings. The molecule has 0 saturated carbocycles. The molecule has 2 rings (SSSR count). The van der Waals surface area contributed by atoms with Gasteiger partial charge in [0.15, 0.2) is 0 Å². The normalized spacial score (nSPS) is 25.9. The number of hydrogen-bond donors (Lipinski definition) is 2. The van der Waals surface area contributed by atoms with Gasteiger partial charge in [0.2, 0.25) is 17.7 Å². The second-order valence-electron chi connectivity index (χ2n) is 4.98. The smallest absolute Gasteiger partial charge is 0.243 e. The Bertz CT molecular complexity index is 377. The van der Waals surface area contributed by atoms with Crippen LogP contribution in [0.4, 0.5) is 0 Å². The van der Waals surface area contributed by atoms with Crippen molar-refractivity contribution in [3.63, 3.8) is 0 Å². The number of nitrogens with one attached hydrogen (secondary N) is 2. The fraction of sp³-hybridized carbons (Fsp3) is 0.750. The fourth-order valence-electron chi connectivity index (χ4n) is 2.33. The van der Waals surface area contributed by atoms with Gasteiger partial charge in [-0.3, -0.25) is 24.6 Å². The molecule has 2 aliphatic rings. The molecule has 2 aliphatic heterocycles. The van der Waals surface area contributed by atoms with E-state index in [9.17, 15) is 14.4 Å². The lowest BCUT2D eigenvalue weighted by Gasteiger charge is -2.32. The monoisotopic (exact) mass is 268 g/mol. The molecule has 0 aromatic carbocycles. The Morgan fingerprint density at radius 2 is 2.11 bits per heavy atom. The summed E-state index contributed by atoms with van der Waals surface area (Å²) in [5.41, 5.74) is 0. The molecule has 19 heavy (non-hydrogen) atoms. The third kappa shape index (κ3) is 3.51. The average Bonchev–Trinajstić information content (AvgIpc) is 2.64. The van der Waals surface area contributed by atoms with Gasteiger partial charge < -0.3 is 10.2 Å². The highest BCUT2D eigenvalue weighted by Gasteiger charge is 2.32. The molecular weight excluding hydrogens is 248 g/mol. The van der Waals surface area contributed by atoms with Crippen LogP contribution >= 0.6 is 0 Å². The molecule has 0 aromatic heterocycles. The maximum atomic E-state index is 12.2. The first-order chi connectivity index (χ1) is 9.08. The molecule has 2 heterocycles. The van der Waals surface area contributed by atoms with E-state index >= 15 is 0 Å². The van der Waals surface area contributed by atoms with Crippen LogP contribution in [0.15, 0.2) is 0 Å². The van der Waals surface area contributed by atoms with Gasteiger partial charge in [0.25, 0.3) is 0 Å². The van der Waals surface area contributed by atoms with Gasteiger partial charge in [-0.05, 0) is 19.9 Å². The minimum atomic E-state index is -0.438. The number of amides is 3. The van der Waals surface area contributed by atoms with Crippen LogP contribution in [0.1, 0.15) is 13.3 Å². The number of carbonyl (C=O) groups excluding carboxylic acids is 3. The highest BCUT2D eigenvalue weighted by atomic mass is 16.2. The maximum absolute atomic E-state index is 12.2. The van der Waals surface area contributed by atoms with Crippen LogP contribution in [0, 0.1) is 0 Å². The van der Waals surface area contributed by atoms with Gasteiger partial charge in [0.1, 0.15) is 0 Å². The predicted octanol–water partition coefficient (Wildman–Crippen LogP) is -1.84. The van der Waals surface area contributed by atoms with E-state index in [4.69, 9.17) is 0 Å². The quantitative estimate of drug-likeness (QED) is 0.575. The van der Waals surface area contributed by atoms with Crippen LogP contribution in [-0.2, 0) is 14.4 Å². The summed E-state index contributed by atoms with van der Waals surface area (Å²) >= 11 is 0. The number of piperazine rings is 1. The average molecular weight is 268 g/mol. The van der Waals surface area contributed by atoms with Gasteiger partial charge in [0.05, 0.1) is 19.1 Å². The van der Waals surface area contributed by atoms with Crippen molar-refractivity contribution in [2.75, 3.05) is 39.3 Å². The van der Waals surface area contributed by atoms with Crippen LogP contribution in [0.25, 0.3) is 0 Å². The Labute approximate surface area is 112 Å². The summed E-state index contributed by atoms with van der Waals surface area (Å²) < 4.78 is 0. The summed E-state index contributed by atoms with van der Waals surface area (Å²) in [5.74, 6) is -0.687. The Hall–Kier alpha value is -1.47. The first-order valence-electron chi connectivity index (χ1n) is 6.64.